The van der Waals surface area contributed by atoms with Gasteiger partial charge in [-0.25, -0.2) is 4.79 Å². The zero-order valence-corrected chi connectivity index (χ0v) is 11.2. The first-order chi connectivity index (χ1) is 9.52. The maximum Gasteiger partial charge on any atom is 0.337 e. The lowest BCUT2D eigenvalue weighted by Gasteiger charge is -2.20. The fourth-order valence-electron chi connectivity index (χ4n) is 1.95. The van der Waals surface area contributed by atoms with Crippen LogP contribution < -0.4 is 4.90 Å². The minimum atomic E-state index is -1.07. The van der Waals surface area contributed by atoms with Gasteiger partial charge in [0.25, 0.3) is 5.91 Å². The minimum absolute atomic E-state index is 0.0879. The molecule has 1 aromatic heterocycles. The van der Waals surface area contributed by atoms with Crippen LogP contribution in [0, 0.1) is 6.92 Å². The van der Waals surface area contributed by atoms with Crippen molar-refractivity contribution in [2.24, 2.45) is 0 Å². The summed E-state index contributed by atoms with van der Waals surface area (Å²) in [5.41, 5.74) is 1.51. The molecule has 1 N–H and O–H groups in total. The molecule has 0 spiro atoms. The third-order valence-electron chi connectivity index (χ3n) is 3.04. The first kappa shape index (κ1) is 13.7. The molecule has 5 nitrogen and oxygen atoms in total. The zero-order valence-electron chi connectivity index (χ0n) is 11.2. The molecule has 0 aliphatic heterocycles. The van der Waals surface area contributed by atoms with E-state index in [0.29, 0.717) is 16.9 Å². The number of hydrogen-bond donors (Lipinski definition) is 1. The van der Waals surface area contributed by atoms with Crippen molar-refractivity contribution in [1.82, 2.24) is 4.98 Å². The molecule has 0 unspecified atom stereocenters. The number of carbonyl (C=O) groups is 2. The van der Waals surface area contributed by atoms with Crippen LogP contribution in [0.5, 0.6) is 0 Å². The van der Waals surface area contributed by atoms with E-state index in [4.69, 9.17) is 0 Å². The van der Waals surface area contributed by atoms with Crippen LogP contribution in [0.4, 0.5) is 5.69 Å². The van der Waals surface area contributed by atoms with Crippen molar-refractivity contribution in [3.8, 4) is 0 Å². The summed E-state index contributed by atoms with van der Waals surface area (Å²) in [7, 11) is 1.55. The molecule has 5 heteroatoms. The summed E-state index contributed by atoms with van der Waals surface area (Å²) in [6.45, 7) is 1.74. The molecule has 0 saturated carbocycles. The number of aromatic nitrogens is 1. The van der Waals surface area contributed by atoms with Crippen LogP contribution in [0.15, 0.2) is 42.6 Å². The Kier molecular flexibility index (Phi) is 3.79. The number of anilines is 1. The van der Waals surface area contributed by atoms with E-state index in [9.17, 15) is 14.7 Å². The summed E-state index contributed by atoms with van der Waals surface area (Å²) in [5.74, 6) is -1.35. The number of aromatic carboxylic acids is 1. The molecule has 20 heavy (non-hydrogen) atoms. The number of nitrogens with zero attached hydrogens (tertiary/aromatic N) is 2. The first-order valence-electron chi connectivity index (χ1n) is 6.04. The second kappa shape index (κ2) is 5.52. The molecule has 1 amide bonds. The van der Waals surface area contributed by atoms with Gasteiger partial charge < -0.3 is 10.0 Å². The summed E-state index contributed by atoms with van der Waals surface area (Å²) in [4.78, 5) is 29.0. The molecule has 0 radical (unpaired) electrons. The van der Waals surface area contributed by atoms with E-state index in [1.807, 2.05) is 0 Å². The molecule has 0 fully saturated rings. The van der Waals surface area contributed by atoms with Crippen molar-refractivity contribution in [2.75, 3.05) is 11.9 Å². The number of pyridine rings is 1. The lowest BCUT2D eigenvalue weighted by Crippen LogP contribution is -2.28. The highest BCUT2D eigenvalue weighted by Gasteiger charge is 2.20. The standard InChI is InChI=1S/C15H14N2O3/c1-10-11(7-5-9-16-10)14(18)17(2)13-8-4-3-6-12(13)15(19)20/h3-9H,1-2H3,(H,19,20). The topological polar surface area (TPSA) is 70.5 Å². The average Bonchev–Trinajstić information content (AvgIpc) is 2.46. The number of amides is 1. The molecular formula is C15H14N2O3. The Balaban J connectivity index is 2.42. The van der Waals surface area contributed by atoms with E-state index in [1.165, 1.54) is 11.0 Å². The van der Waals surface area contributed by atoms with Crippen LogP contribution in [0.1, 0.15) is 26.4 Å². The number of carboxylic acid groups (broad SMARTS) is 1. The Morgan fingerprint density at radius 3 is 2.40 bits per heavy atom. The lowest BCUT2D eigenvalue weighted by molar-refractivity contribution is 0.0697. The molecule has 0 aliphatic rings. The van der Waals surface area contributed by atoms with Crippen LogP contribution in [0.25, 0.3) is 0 Å². The molecule has 0 atom stereocenters. The van der Waals surface area contributed by atoms with Gasteiger partial charge in [0.1, 0.15) is 0 Å². The van der Waals surface area contributed by atoms with Crippen molar-refractivity contribution in [2.45, 2.75) is 6.92 Å². The number of carboxylic acids is 1. The fraction of sp³-hybridized carbons (Fsp3) is 0.133. The average molecular weight is 270 g/mol. The van der Waals surface area contributed by atoms with Gasteiger partial charge in [-0.2, -0.15) is 0 Å². The highest BCUT2D eigenvalue weighted by molar-refractivity contribution is 6.09. The monoisotopic (exact) mass is 270 g/mol. The van der Waals surface area contributed by atoms with Crippen LogP contribution in [0.2, 0.25) is 0 Å². The smallest absolute Gasteiger partial charge is 0.337 e. The third kappa shape index (κ3) is 2.51. The van der Waals surface area contributed by atoms with Gasteiger partial charge in [0.05, 0.1) is 16.8 Å². The minimum Gasteiger partial charge on any atom is -0.478 e. The van der Waals surface area contributed by atoms with E-state index >= 15 is 0 Å². The lowest BCUT2D eigenvalue weighted by atomic mass is 10.1. The molecule has 1 heterocycles. The summed E-state index contributed by atoms with van der Waals surface area (Å²) in [6.07, 6.45) is 1.61. The summed E-state index contributed by atoms with van der Waals surface area (Å²) in [5, 5.41) is 9.17. The van der Waals surface area contributed by atoms with E-state index in [0.717, 1.165) is 0 Å². The predicted molar refractivity (Wildman–Crippen MR) is 75.1 cm³/mol. The van der Waals surface area contributed by atoms with Crippen LogP contribution in [-0.2, 0) is 0 Å². The maximum atomic E-state index is 12.4. The summed E-state index contributed by atoms with van der Waals surface area (Å²) in [6, 6.07) is 9.74. The summed E-state index contributed by atoms with van der Waals surface area (Å²) < 4.78 is 0. The number of para-hydroxylation sites is 1. The Labute approximate surface area is 116 Å². The van der Waals surface area contributed by atoms with Gasteiger partial charge >= 0.3 is 5.97 Å². The van der Waals surface area contributed by atoms with Crippen LogP contribution in [-0.4, -0.2) is 29.0 Å². The van der Waals surface area contributed by atoms with Crippen LogP contribution in [0.3, 0.4) is 0 Å². The number of hydrogen-bond acceptors (Lipinski definition) is 3. The van der Waals surface area contributed by atoms with Gasteiger partial charge in [0.15, 0.2) is 0 Å². The second-order valence-corrected chi connectivity index (χ2v) is 4.32. The van der Waals surface area contributed by atoms with Gasteiger partial charge in [-0.3, -0.25) is 9.78 Å². The third-order valence-corrected chi connectivity index (χ3v) is 3.04. The second-order valence-electron chi connectivity index (χ2n) is 4.32. The van der Waals surface area contributed by atoms with Crippen molar-refractivity contribution in [3.63, 3.8) is 0 Å². The molecule has 1 aromatic carbocycles. The van der Waals surface area contributed by atoms with Gasteiger partial charge in [-0.05, 0) is 31.2 Å². The summed E-state index contributed by atoms with van der Waals surface area (Å²) >= 11 is 0. The van der Waals surface area contributed by atoms with E-state index < -0.39 is 5.97 Å². The molecule has 2 rings (SSSR count). The van der Waals surface area contributed by atoms with Crippen molar-refractivity contribution in [1.29, 1.82) is 0 Å². The fourth-order valence-corrected chi connectivity index (χ4v) is 1.95. The van der Waals surface area contributed by atoms with Crippen molar-refractivity contribution in [3.05, 3.63) is 59.4 Å². The number of carbonyl (C=O) groups excluding carboxylic acids is 1. The normalized spacial score (nSPS) is 10.1. The van der Waals surface area contributed by atoms with E-state index in [1.54, 1.807) is 50.5 Å². The number of aryl methyl sites for hydroxylation is 1. The molecule has 102 valence electrons. The van der Waals surface area contributed by atoms with Crippen molar-refractivity contribution >= 4 is 17.6 Å². The number of rotatable bonds is 3. The Morgan fingerprint density at radius 1 is 1.10 bits per heavy atom. The molecular weight excluding hydrogens is 256 g/mol. The van der Waals surface area contributed by atoms with E-state index in [-0.39, 0.29) is 11.5 Å². The van der Waals surface area contributed by atoms with E-state index in [2.05, 4.69) is 4.98 Å². The largest absolute Gasteiger partial charge is 0.478 e. The predicted octanol–water partition coefficient (Wildman–Crippen LogP) is 2.36. The molecule has 2 aromatic rings. The zero-order chi connectivity index (χ0) is 14.7. The molecule has 0 saturated heterocycles. The van der Waals surface area contributed by atoms with Gasteiger partial charge in [-0.15, -0.1) is 0 Å². The first-order valence-corrected chi connectivity index (χ1v) is 6.04. The Bertz CT molecular complexity index is 668. The van der Waals surface area contributed by atoms with Crippen molar-refractivity contribution < 1.29 is 14.7 Å². The van der Waals surface area contributed by atoms with Gasteiger partial charge in [-0.1, -0.05) is 12.1 Å². The van der Waals surface area contributed by atoms with Gasteiger partial charge in [0, 0.05) is 18.9 Å². The highest BCUT2D eigenvalue weighted by atomic mass is 16.4. The maximum absolute atomic E-state index is 12.4. The number of benzene rings is 1. The SMILES string of the molecule is Cc1ncccc1C(=O)N(C)c1ccccc1C(=O)O. The Morgan fingerprint density at radius 2 is 1.75 bits per heavy atom. The quantitative estimate of drug-likeness (QED) is 0.929. The van der Waals surface area contributed by atoms with Gasteiger partial charge in [0.2, 0.25) is 0 Å². The Hall–Kier alpha value is -2.69. The highest BCUT2D eigenvalue weighted by Crippen LogP contribution is 2.21. The van der Waals surface area contributed by atoms with Crippen LogP contribution >= 0.6 is 0 Å². The molecule has 0 bridgehead atoms. The molecule has 0 aliphatic carbocycles.